The predicted octanol–water partition coefficient (Wildman–Crippen LogP) is 2.60. The SMILES string of the molecule is Cc1nnc(N2CCN(S(=O)(=O)c3ccc(C(C)C)cc3)CC2)c(C#N)c1C. The van der Waals surface area contributed by atoms with Crippen LogP contribution in [0.4, 0.5) is 5.82 Å². The minimum absolute atomic E-state index is 0.314. The van der Waals surface area contributed by atoms with Crippen molar-refractivity contribution in [3.05, 3.63) is 46.6 Å². The topological polar surface area (TPSA) is 90.2 Å². The highest BCUT2D eigenvalue weighted by Crippen LogP contribution is 2.25. The van der Waals surface area contributed by atoms with E-state index in [4.69, 9.17) is 0 Å². The van der Waals surface area contributed by atoms with E-state index >= 15 is 0 Å². The largest absolute Gasteiger partial charge is 0.351 e. The van der Waals surface area contributed by atoms with Crippen LogP contribution in [0.2, 0.25) is 0 Å². The molecule has 0 spiro atoms. The molecule has 8 heteroatoms. The summed E-state index contributed by atoms with van der Waals surface area (Å²) < 4.78 is 27.4. The van der Waals surface area contributed by atoms with Gasteiger partial charge >= 0.3 is 0 Å². The Kier molecular flexibility index (Phi) is 5.68. The molecule has 0 N–H and O–H groups in total. The van der Waals surface area contributed by atoms with Crippen LogP contribution in [0.3, 0.4) is 0 Å². The molecule has 0 amide bonds. The predicted molar refractivity (Wildman–Crippen MR) is 108 cm³/mol. The molecule has 1 aromatic carbocycles. The fourth-order valence-electron chi connectivity index (χ4n) is 3.27. The first kappa shape index (κ1) is 20.2. The van der Waals surface area contributed by atoms with Crippen molar-refractivity contribution in [3.63, 3.8) is 0 Å². The molecule has 148 valence electrons. The minimum atomic E-state index is -3.54. The number of nitrogens with zero attached hydrogens (tertiary/aromatic N) is 5. The quantitative estimate of drug-likeness (QED) is 0.785. The first-order valence-corrected chi connectivity index (χ1v) is 10.8. The second kappa shape index (κ2) is 7.86. The minimum Gasteiger partial charge on any atom is -0.351 e. The molecular formula is C20H25N5O2S. The molecule has 0 aliphatic carbocycles. The van der Waals surface area contributed by atoms with Gasteiger partial charge < -0.3 is 4.90 Å². The lowest BCUT2D eigenvalue weighted by molar-refractivity contribution is 0.383. The second-order valence-corrected chi connectivity index (χ2v) is 9.27. The third-order valence-electron chi connectivity index (χ3n) is 5.27. The Morgan fingerprint density at radius 1 is 1.04 bits per heavy atom. The Labute approximate surface area is 166 Å². The Morgan fingerprint density at radius 3 is 2.18 bits per heavy atom. The van der Waals surface area contributed by atoms with Crippen molar-refractivity contribution >= 4 is 15.8 Å². The highest BCUT2D eigenvalue weighted by atomic mass is 32.2. The fraction of sp³-hybridized carbons (Fsp3) is 0.450. The van der Waals surface area contributed by atoms with E-state index in [1.54, 1.807) is 12.1 Å². The molecule has 1 aliphatic rings. The van der Waals surface area contributed by atoms with Gasteiger partial charge in [-0.1, -0.05) is 26.0 Å². The smallest absolute Gasteiger partial charge is 0.243 e. The maximum absolute atomic E-state index is 13.0. The molecule has 1 aromatic heterocycles. The first-order chi connectivity index (χ1) is 13.3. The summed E-state index contributed by atoms with van der Waals surface area (Å²) in [6.07, 6.45) is 0. The van der Waals surface area contributed by atoms with E-state index in [1.165, 1.54) is 4.31 Å². The van der Waals surface area contributed by atoms with Gasteiger partial charge in [-0.05, 0) is 43.0 Å². The molecule has 0 atom stereocenters. The van der Waals surface area contributed by atoms with Crippen LogP contribution in [-0.2, 0) is 10.0 Å². The van der Waals surface area contributed by atoms with Crippen molar-refractivity contribution in [2.45, 2.75) is 38.5 Å². The van der Waals surface area contributed by atoms with Crippen molar-refractivity contribution in [1.29, 1.82) is 5.26 Å². The lowest BCUT2D eigenvalue weighted by Gasteiger charge is -2.35. The molecular weight excluding hydrogens is 374 g/mol. The van der Waals surface area contributed by atoms with E-state index in [9.17, 15) is 13.7 Å². The van der Waals surface area contributed by atoms with E-state index in [1.807, 2.05) is 30.9 Å². The van der Waals surface area contributed by atoms with Gasteiger partial charge in [-0.2, -0.15) is 14.7 Å². The standard InChI is InChI=1S/C20H25N5O2S/c1-14(2)17-5-7-18(8-6-17)28(26,27)25-11-9-24(10-12-25)20-19(13-21)15(3)16(4)22-23-20/h5-8,14H,9-12H2,1-4H3. The Balaban J connectivity index is 1.77. The van der Waals surface area contributed by atoms with Gasteiger partial charge in [0.15, 0.2) is 5.82 Å². The number of hydrogen-bond donors (Lipinski definition) is 0. The van der Waals surface area contributed by atoms with E-state index < -0.39 is 10.0 Å². The van der Waals surface area contributed by atoms with Crippen LogP contribution in [-0.4, -0.2) is 49.1 Å². The number of anilines is 1. The van der Waals surface area contributed by atoms with E-state index in [2.05, 4.69) is 30.1 Å². The summed E-state index contributed by atoms with van der Waals surface area (Å²) in [6, 6.07) is 9.31. The van der Waals surface area contributed by atoms with E-state index in [0.29, 0.717) is 48.4 Å². The summed E-state index contributed by atoms with van der Waals surface area (Å²) in [4.78, 5) is 2.25. The summed E-state index contributed by atoms with van der Waals surface area (Å²) in [5.74, 6) is 0.887. The van der Waals surface area contributed by atoms with Gasteiger partial charge in [-0.3, -0.25) is 0 Å². The van der Waals surface area contributed by atoms with Gasteiger partial charge in [0.05, 0.1) is 10.6 Å². The van der Waals surface area contributed by atoms with Gasteiger partial charge in [0, 0.05) is 26.2 Å². The molecule has 1 saturated heterocycles. The molecule has 1 aliphatic heterocycles. The molecule has 0 bridgehead atoms. The molecule has 2 aromatic rings. The molecule has 0 unspecified atom stereocenters. The average molecular weight is 400 g/mol. The Morgan fingerprint density at radius 2 is 1.64 bits per heavy atom. The number of nitriles is 1. The summed E-state index contributed by atoms with van der Waals surface area (Å²) in [7, 11) is -3.54. The van der Waals surface area contributed by atoms with Crippen molar-refractivity contribution in [1.82, 2.24) is 14.5 Å². The maximum atomic E-state index is 13.0. The summed E-state index contributed by atoms with van der Waals surface area (Å²) in [5.41, 5.74) is 3.16. The van der Waals surface area contributed by atoms with Crippen LogP contribution < -0.4 is 4.90 Å². The molecule has 28 heavy (non-hydrogen) atoms. The van der Waals surface area contributed by atoms with Crippen LogP contribution in [0.25, 0.3) is 0 Å². The number of aryl methyl sites for hydroxylation is 1. The van der Waals surface area contributed by atoms with Crippen molar-refractivity contribution in [3.8, 4) is 6.07 Å². The summed E-state index contributed by atoms with van der Waals surface area (Å²) >= 11 is 0. The van der Waals surface area contributed by atoms with Crippen molar-refractivity contribution < 1.29 is 8.42 Å². The summed E-state index contributed by atoms with van der Waals surface area (Å²) in [6.45, 7) is 9.45. The van der Waals surface area contributed by atoms with Crippen molar-refractivity contribution in [2.24, 2.45) is 0 Å². The van der Waals surface area contributed by atoms with Gasteiger partial charge in [-0.15, -0.1) is 5.10 Å². The highest BCUT2D eigenvalue weighted by Gasteiger charge is 2.30. The van der Waals surface area contributed by atoms with Gasteiger partial charge in [-0.25, -0.2) is 8.42 Å². The molecule has 3 rings (SSSR count). The number of sulfonamides is 1. The zero-order valence-corrected chi connectivity index (χ0v) is 17.5. The molecule has 2 heterocycles. The van der Waals surface area contributed by atoms with Crippen LogP contribution in [0.1, 0.15) is 42.1 Å². The zero-order valence-electron chi connectivity index (χ0n) is 16.7. The number of hydrogen-bond acceptors (Lipinski definition) is 6. The number of rotatable bonds is 4. The normalized spacial score (nSPS) is 15.6. The molecule has 7 nitrogen and oxygen atoms in total. The van der Waals surface area contributed by atoms with E-state index in [0.717, 1.165) is 16.8 Å². The molecule has 1 fully saturated rings. The Bertz CT molecular complexity index is 1000. The Hall–Kier alpha value is -2.50. The zero-order chi connectivity index (χ0) is 20.5. The molecule has 0 saturated carbocycles. The summed E-state index contributed by atoms with van der Waals surface area (Å²) in [5, 5.41) is 17.8. The lowest BCUT2D eigenvalue weighted by Crippen LogP contribution is -2.49. The maximum Gasteiger partial charge on any atom is 0.243 e. The fourth-order valence-corrected chi connectivity index (χ4v) is 4.69. The van der Waals surface area contributed by atoms with Crippen LogP contribution >= 0.6 is 0 Å². The van der Waals surface area contributed by atoms with Gasteiger partial charge in [0.2, 0.25) is 10.0 Å². The average Bonchev–Trinajstić information content (AvgIpc) is 2.70. The monoisotopic (exact) mass is 399 g/mol. The third-order valence-corrected chi connectivity index (χ3v) is 7.18. The molecule has 0 radical (unpaired) electrons. The first-order valence-electron chi connectivity index (χ1n) is 9.34. The third kappa shape index (κ3) is 3.73. The van der Waals surface area contributed by atoms with Gasteiger partial charge in [0.25, 0.3) is 0 Å². The number of benzene rings is 1. The number of piperazine rings is 1. The second-order valence-electron chi connectivity index (χ2n) is 7.34. The van der Waals surface area contributed by atoms with E-state index in [-0.39, 0.29) is 0 Å². The van der Waals surface area contributed by atoms with Crippen LogP contribution in [0.5, 0.6) is 0 Å². The highest BCUT2D eigenvalue weighted by molar-refractivity contribution is 7.89. The van der Waals surface area contributed by atoms with Crippen LogP contribution in [0.15, 0.2) is 29.2 Å². The lowest BCUT2D eigenvalue weighted by atomic mass is 10.0. The van der Waals surface area contributed by atoms with Crippen LogP contribution in [0, 0.1) is 25.2 Å². The van der Waals surface area contributed by atoms with Crippen molar-refractivity contribution in [2.75, 3.05) is 31.1 Å². The van der Waals surface area contributed by atoms with Gasteiger partial charge in [0.1, 0.15) is 11.6 Å². The number of aromatic nitrogens is 2.